The van der Waals surface area contributed by atoms with Crippen molar-refractivity contribution < 1.29 is 0 Å². The molecule has 0 saturated carbocycles. The van der Waals surface area contributed by atoms with Crippen LogP contribution in [0, 0.1) is 0 Å². The lowest BCUT2D eigenvalue weighted by atomic mass is 10.4. The summed E-state index contributed by atoms with van der Waals surface area (Å²) in [6, 6.07) is 3.91. The lowest BCUT2D eigenvalue weighted by molar-refractivity contribution is 0.773. The normalized spacial score (nSPS) is 10.0. The van der Waals surface area contributed by atoms with Crippen LogP contribution >= 0.6 is 15.9 Å². The second-order valence-electron chi connectivity index (χ2n) is 2.70. The van der Waals surface area contributed by atoms with Crippen molar-refractivity contribution in [3.63, 3.8) is 0 Å². The quantitative estimate of drug-likeness (QED) is 0.742. The summed E-state index contributed by atoms with van der Waals surface area (Å²) in [7, 11) is 0. The number of aromatic nitrogens is 2. The van der Waals surface area contributed by atoms with Gasteiger partial charge in [0.1, 0.15) is 0 Å². The molecule has 0 aromatic carbocycles. The van der Waals surface area contributed by atoms with E-state index in [1.54, 1.807) is 6.20 Å². The molecule has 1 heterocycles. The number of anilines is 1. The van der Waals surface area contributed by atoms with Crippen molar-refractivity contribution in [2.24, 2.45) is 0 Å². The summed E-state index contributed by atoms with van der Waals surface area (Å²) >= 11 is 3.42. The van der Waals surface area contributed by atoms with Gasteiger partial charge in [-0.15, -0.1) is 5.10 Å². The van der Waals surface area contributed by atoms with Gasteiger partial charge in [-0.25, -0.2) is 0 Å². The van der Waals surface area contributed by atoms with Crippen LogP contribution in [0.5, 0.6) is 0 Å². The maximum atomic E-state index is 4.06. The van der Waals surface area contributed by atoms with Gasteiger partial charge in [-0.05, 0) is 25.5 Å². The van der Waals surface area contributed by atoms with Gasteiger partial charge in [-0.1, -0.05) is 15.9 Å². The van der Waals surface area contributed by atoms with E-state index in [1.807, 2.05) is 12.1 Å². The maximum Gasteiger partial charge on any atom is 0.151 e. The van der Waals surface area contributed by atoms with Crippen molar-refractivity contribution in [2.45, 2.75) is 13.3 Å². The van der Waals surface area contributed by atoms with E-state index >= 15 is 0 Å². The molecule has 0 amide bonds. The Bertz CT molecular complexity index is 228. The van der Waals surface area contributed by atoms with Gasteiger partial charge in [0, 0.05) is 24.6 Å². The van der Waals surface area contributed by atoms with Crippen molar-refractivity contribution in [3.8, 4) is 0 Å². The standard InChI is InChI=1S/C9H14BrN3/c1-2-13(8-4-6-10)9-5-3-7-11-12-9/h3,5,7H,2,4,6,8H2,1H3. The molecule has 1 aromatic rings. The fourth-order valence-corrected chi connectivity index (χ4v) is 1.40. The fourth-order valence-electron chi connectivity index (χ4n) is 1.15. The molecule has 0 unspecified atom stereocenters. The number of alkyl halides is 1. The maximum absolute atomic E-state index is 4.06. The molecule has 0 bridgehead atoms. The first-order valence-corrected chi connectivity index (χ1v) is 5.59. The highest BCUT2D eigenvalue weighted by Crippen LogP contribution is 2.08. The molecule has 0 aliphatic rings. The molecular formula is C9H14BrN3. The van der Waals surface area contributed by atoms with E-state index < -0.39 is 0 Å². The highest BCUT2D eigenvalue weighted by Gasteiger charge is 2.03. The lowest BCUT2D eigenvalue weighted by Gasteiger charge is -2.20. The van der Waals surface area contributed by atoms with Crippen LogP contribution in [0.15, 0.2) is 18.3 Å². The molecule has 1 aromatic heterocycles. The molecule has 3 nitrogen and oxygen atoms in total. The van der Waals surface area contributed by atoms with E-state index in [0.29, 0.717) is 0 Å². The molecule has 0 atom stereocenters. The summed E-state index contributed by atoms with van der Waals surface area (Å²) in [6.45, 7) is 4.13. The third-order valence-electron chi connectivity index (χ3n) is 1.83. The number of hydrogen-bond acceptors (Lipinski definition) is 3. The zero-order valence-corrected chi connectivity index (χ0v) is 9.37. The molecular weight excluding hydrogens is 230 g/mol. The third kappa shape index (κ3) is 3.30. The van der Waals surface area contributed by atoms with Crippen molar-refractivity contribution in [3.05, 3.63) is 18.3 Å². The van der Waals surface area contributed by atoms with E-state index in [4.69, 9.17) is 0 Å². The Labute approximate surface area is 87.3 Å². The number of hydrogen-bond donors (Lipinski definition) is 0. The summed E-state index contributed by atoms with van der Waals surface area (Å²) in [5, 5.41) is 8.95. The Morgan fingerprint density at radius 3 is 2.92 bits per heavy atom. The highest BCUT2D eigenvalue weighted by atomic mass is 79.9. The predicted molar refractivity (Wildman–Crippen MR) is 58.3 cm³/mol. The third-order valence-corrected chi connectivity index (χ3v) is 2.39. The minimum Gasteiger partial charge on any atom is -0.355 e. The van der Waals surface area contributed by atoms with Crippen LogP contribution in [-0.2, 0) is 0 Å². The van der Waals surface area contributed by atoms with Crippen LogP contribution in [0.2, 0.25) is 0 Å². The van der Waals surface area contributed by atoms with Crippen molar-refractivity contribution in [2.75, 3.05) is 23.3 Å². The van der Waals surface area contributed by atoms with Crippen molar-refractivity contribution in [1.29, 1.82) is 0 Å². The average Bonchev–Trinajstić information content (AvgIpc) is 2.21. The van der Waals surface area contributed by atoms with E-state index in [-0.39, 0.29) is 0 Å². The Morgan fingerprint density at radius 2 is 2.38 bits per heavy atom. The molecule has 13 heavy (non-hydrogen) atoms. The Hall–Kier alpha value is -0.640. The van der Waals surface area contributed by atoms with E-state index in [1.165, 1.54) is 0 Å². The number of halogens is 1. The summed E-state index contributed by atoms with van der Waals surface area (Å²) in [4.78, 5) is 2.22. The molecule has 72 valence electrons. The van der Waals surface area contributed by atoms with Crippen molar-refractivity contribution in [1.82, 2.24) is 10.2 Å². The fraction of sp³-hybridized carbons (Fsp3) is 0.556. The van der Waals surface area contributed by atoms with Crippen LogP contribution in [-0.4, -0.2) is 28.6 Å². The molecule has 4 heteroatoms. The zero-order valence-electron chi connectivity index (χ0n) is 7.78. The number of rotatable bonds is 5. The van der Waals surface area contributed by atoms with Gasteiger partial charge in [-0.2, -0.15) is 5.10 Å². The highest BCUT2D eigenvalue weighted by molar-refractivity contribution is 9.09. The molecule has 1 rings (SSSR count). The van der Waals surface area contributed by atoms with Gasteiger partial charge < -0.3 is 4.90 Å². The largest absolute Gasteiger partial charge is 0.355 e. The Kier molecular flexibility index (Phi) is 4.75. The van der Waals surface area contributed by atoms with Crippen LogP contribution < -0.4 is 4.90 Å². The van der Waals surface area contributed by atoms with Crippen LogP contribution in [0.3, 0.4) is 0 Å². The van der Waals surface area contributed by atoms with E-state index in [2.05, 4.69) is 38.0 Å². The molecule has 0 saturated heterocycles. The minimum absolute atomic E-state index is 0.964. The van der Waals surface area contributed by atoms with Gasteiger partial charge in [0.2, 0.25) is 0 Å². The molecule has 0 radical (unpaired) electrons. The SMILES string of the molecule is CCN(CCCBr)c1cccnn1. The smallest absolute Gasteiger partial charge is 0.151 e. The summed E-state index contributed by atoms with van der Waals surface area (Å²) < 4.78 is 0. The summed E-state index contributed by atoms with van der Waals surface area (Å²) in [5.74, 6) is 0.964. The molecule has 0 fully saturated rings. The van der Waals surface area contributed by atoms with Gasteiger partial charge >= 0.3 is 0 Å². The van der Waals surface area contributed by atoms with Gasteiger partial charge in [0.15, 0.2) is 5.82 Å². The predicted octanol–water partition coefficient (Wildman–Crippen LogP) is 2.09. The molecule has 0 spiro atoms. The van der Waals surface area contributed by atoms with Crippen LogP contribution in [0.1, 0.15) is 13.3 Å². The molecule has 0 N–H and O–H groups in total. The first kappa shape index (κ1) is 10.4. The topological polar surface area (TPSA) is 29.0 Å². The minimum atomic E-state index is 0.964. The summed E-state index contributed by atoms with van der Waals surface area (Å²) in [5.41, 5.74) is 0. The molecule has 0 aliphatic carbocycles. The second kappa shape index (κ2) is 5.91. The van der Waals surface area contributed by atoms with Gasteiger partial charge in [0.05, 0.1) is 0 Å². The monoisotopic (exact) mass is 243 g/mol. The lowest BCUT2D eigenvalue weighted by Crippen LogP contribution is -2.25. The van der Waals surface area contributed by atoms with Gasteiger partial charge in [0.25, 0.3) is 0 Å². The average molecular weight is 244 g/mol. The Balaban J connectivity index is 2.56. The first-order valence-electron chi connectivity index (χ1n) is 4.47. The first-order chi connectivity index (χ1) is 6.38. The summed E-state index contributed by atoms with van der Waals surface area (Å²) in [6.07, 6.45) is 2.83. The zero-order chi connectivity index (χ0) is 9.52. The van der Waals surface area contributed by atoms with E-state index in [9.17, 15) is 0 Å². The van der Waals surface area contributed by atoms with Crippen LogP contribution in [0.25, 0.3) is 0 Å². The van der Waals surface area contributed by atoms with Crippen LogP contribution in [0.4, 0.5) is 5.82 Å². The van der Waals surface area contributed by atoms with Crippen molar-refractivity contribution >= 4 is 21.7 Å². The molecule has 0 aliphatic heterocycles. The van der Waals surface area contributed by atoms with E-state index in [0.717, 1.165) is 30.7 Å². The number of nitrogens with zero attached hydrogens (tertiary/aromatic N) is 3. The van der Waals surface area contributed by atoms with Gasteiger partial charge in [-0.3, -0.25) is 0 Å². The second-order valence-corrected chi connectivity index (χ2v) is 3.50. The Morgan fingerprint density at radius 1 is 1.54 bits per heavy atom.